The fourth-order valence-corrected chi connectivity index (χ4v) is 5.80. The molecular formula is C25H29N7O3S. The third-order valence-electron chi connectivity index (χ3n) is 6.49. The Morgan fingerprint density at radius 1 is 1.03 bits per heavy atom. The van der Waals surface area contributed by atoms with Crippen molar-refractivity contribution in [1.29, 1.82) is 5.26 Å². The van der Waals surface area contributed by atoms with E-state index < -0.39 is 15.9 Å². The van der Waals surface area contributed by atoms with E-state index in [9.17, 15) is 18.5 Å². The summed E-state index contributed by atoms with van der Waals surface area (Å²) in [4.78, 5) is 21.3. The molecule has 1 saturated heterocycles. The number of sulfonamides is 1. The summed E-state index contributed by atoms with van der Waals surface area (Å²) < 4.78 is 27.6. The number of hydrogen-bond acceptors (Lipinski definition) is 7. The fraction of sp³-hybridized carbons (Fsp3) is 0.320. The van der Waals surface area contributed by atoms with Gasteiger partial charge in [0.05, 0.1) is 10.5 Å². The number of nitrogens with two attached hydrogens (primary N) is 2. The van der Waals surface area contributed by atoms with Gasteiger partial charge in [-0.25, -0.2) is 8.42 Å². The van der Waals surface area contributed by atoms with Crippen LogP contribution in [0.5, 0.6) is 0 Å². The van der Waals surface area contributed by atoms with Crippen molar-refractivity contribution < 1.29 is 13.2 Å². The second-order valence-corrected chi connectivity index (χ2v) is 10.7. The van der Waals surface area contributed by atoms with E-state index in [1.54, 1.807) is 24.3 Å². The van der Waals surface area contributed by atoms with Gasteiger partial charge in [0.1, 0.15) is 11.9 Å². The van der Waals surface area contributed by atoms with Crippen molar-refractivity contribution in [3.63, 3.8) is 0 Å². The lowest BCUT2D eigenvalue weighted by molar-refractivity contribution is 0.100. The van der Waals surface area contributed by atoms with Crippen LogP contribution in [0.25, 0.3) is 0 Å². The predicted octanol–water partition coefficient (Wildman–Crippen LogP) is 1.11. The zero-order valence-corrected chi connectivity index (χ0v) is 20.9. The number of benzene rings is 2. The molecule has 2 aromatic rings. The van der Waals surface area contributed by atoms with Crippen LogP contribution < -0.4 is 16.4 Å². The van der Waals surface area contributed by atoms with E-state index in [0.29, 0.717) is 16.8 Å². The summed E-state index contributed by atoms with van der Waals surface area (Å²) in [6.07, 6.45) is 0.230. The first-order valence-corrected chi connectivity index (χ1v) is 13.0. The summed E-state index contributed by atoms with van der Waals surface area (Å²) in [6.45, 7) is 3.78. The van der Waals surface area contributed by atoms with Gasteiger partial charge >= 0.3 is 0 Å². The first-order chi connectivity index (χ1) is 17.2. The van der Waals surface area contributed by atoms with Gasteiger partial charge in [-0.15, -0.1) is 0 Å². The summed E-state index contributed by atoms with van der Waals surface area (Å²) in [5.74, 6) is -0.651. The summed E-state index contributed by atoms with van der Waals surface area (Å²) >= 11 is 0. The van der Waals surface area contributed by atoms with Gasteiger partial charge in [0.2, 0.25) is 10.0 Å². The van der Waals surface area contributed by atoms with Gasteiger partial charge in [0, 0.05) is 68.2 Å². The number of piperazine rings is 1. The van der Waals surface area contributed by atoms with Crippen molar-refractivity contribution in [2.24, 2.45) is 16.5 Å². The number of hydrogen-bond donors (Lipinski definition) is 2. The van der Waals surface area contributed by atoms with Crippen LogP contribution in [-0.2, 0) is 10.0 Å². The van der Waals surface area contributed by atoms with E-state index in [1.165, 1.54) is 16.4 Å². The lowest BCUT2D eigenvalue weighted by Crippen LogP contribution is -2.44. The van der Waals surface area contributed by atoms with Gasteiger partial charge in [0.15, 0.2) is 0 Å². The van der Waals surface area contributed by atoms with Crippen molar-refractivity contribution >= 4 is 27.5 Å². The van der Waals surface area contributed by atoms with E-state index in [4.69, 9.17) is 11.5 Å². The Morgan fingerprint density at radius 3 is 2.36 bits per heavy atom. The number of anilines is 1. The summed E-state index contributed by atoms with van der Waals surface area (Å²) in [5.41, 5.74) is 14.4. The number of nitriles is 1. The molecule has 0 spiro atoms. The van der Waals surface area contributed by atoms with Crippen LogP contribution in [-0.4, -0.2) is 75.7 Å². The van der Waals surface area contributed by atoms with Crippen LogP contribution in [0.4, 0.5) is 5.69 Å². The Morgan fingerprint density at radius 2 is 1.69 bits per heavy atom. The van der Waals surface area contributed by atoms with Crippen molar-refractivity contribution in [2.75, 3.05) is 51.2 Å². The van der Waals surface area contributed by atoms with Crippen LogP contribution in [0, 0.1) is 11.3 Å². The molecule has 0 unspecified atom stereocenters. The van der Waals surface area contributed by atoms with Gasteiger partial charge < -0.3 is 21.3 Å². The Hall–Kier alpha value is -3.72. The van der Waals surface area contributed by atoms with E-state index in [-0.39, 0.29) is 35.8 Å². The quantitative estimate of drug-likeness (QED) is 0.452. The maximum absolute atomic E-state index is 13.2. The topological polar surface area (TPSA) is 149 Å². The van der Waals surface area contributed by atoms with Crippen molar-refractivity contribution in [2.45, 2.75) is 11.3 Å². The zero-order chi connectivity index (χ0) is 25.9. The summed E-state index contributed by atoms with van der Waals surface area (Å²) in [5, 5.41) is 9.33. The molecular weight excluding hydrogens is 478 g/mol. The number of carbonyl (C=O) groups excluding carboxylic acids is 1. The van der Waals surface area contributed by atoms with Gasteiger partial charge in [0.25, 0.3) is 5.91 Å². The lowest BCUT2D eigenvalue weighted by atomic mass is 10.1. The van der Waals surface area contributed by atoms with E-state index in [0.717, 1.165) is 31.9 Å². The highest BCUT2D eigenvalue weighted by atomic mass is 32.2. The number of carbonyl (C=O) groups is 1. The molecule has 0 aliphatic carbocycles. The molecule has 0 atom stereocenters. The summed E-state index contributed by atoms with van der Waals surface area (Å²) in [6, 6.07) is 15.1. The number of likely N-dealkylation sites (N-methyl/N-ethyl adjacent to an activating group) is 1. The van der Waals surface area contributed by atoms with Crippen LogP contribution in [0.1, 0.15) is 22.3 Å². The number of aliphatic imine (C=N–C) groups is 1. The van der Waals surface area contributed by atoms with Gasteiger partial charge in [-0.2, -0.15) is 14.6 Å². The maximum Gasteiger partial charge on any atom is 0.278 e. The molecule has 1 amide bonds. The normalized spacial score (nSPS) is 18.2. The minimum absolute atomic E-state index is 0.0541. The molecule has 4 N–H and O–H groups in total. The molecule has 4 rings (SSSR count). The molecule has 2 aliphatic heterocycles. The monoisotopic (exact) mass is 507 g/mol. The highest BCUT2D eigenvalue weighted by Gasteiger charge is 2.32. The van der Waals surface area contributed by atoms with Crippen molar-refractivity contribution in [3.05, 3.63) is 70.9 Å². The Balaban J connectivity index is 1.50. The van der Waals surface area contributed by atoms with Crippen molar-refractivity contribution in [1.82, 2.24) is 9.21 Å². The molecule has 2 aromatic carbocycles. The molecule has 188 valence electrons. The van der Waals surface area contributed by atoms with Gasteiger partial charge in [-0.3, -0.25) is 4.79 Å². The minimum atomic E-state index is -3.98. The van der Waals surface area contributed by atoms with Crippen LogP contribution in [0.15, 0.2) is 69.7 Å². The molecule has 2 heterocycles. The van der Waals surface area contributed by atoms with Gasteiger partial charge in [-0.1, -0.05) is 12.1 Å². The molecule has 0 aromatic heterocycles. The van der Waals surface area contributed by atoms with Crippen LogP contribution in [0.3, 0.4) is 0 Å². The standard InChI is InChI=1S/C25H29N7O3S/c1-30-12-14-31(15-13-30)20-8-6-18(7-9-20)25(33)29-24(28)21-17-32(11-10-22(21)27)36(34,35)23-5-3-2-4-19(23)16-26/h2-9H,10-15,17,27H2,1H3,(H2,28,29,33). The Labute approximate surface area is 211 Å². The highest BCUT2D eigenvalue weighted by Crippen LogP contribution is 2.25. The average molecular weight is 508 g/mol. The third-order valence-corrected chi connectivity index (χ3v) is 8.40. The zero-order valence-electron chi connectivity index (χ0n) is 20.1. The third kappa shape index (κ3) is 5.26. The highest BCUT2D eigenvalue weighted by molar-refractivity contribution is 7.89. The van der Waals surface area contributed by atoms with Crippen LogP contribution >= 0.6 is 0 Å². The largest absolute Gasteiger partial charge is 0.402 e. The molecule has 36 heavy (non-hydrogen) atoms. The number of rotatable bonds is 5. The summed E-state index contributed by atoms with van der Waals surface area (Å²) in [7, 11) is -1.88. The first-order valence-electron chi connectivity index (χ1n) is 11.6. The molecule has 11 heteroatoms. The second-order valence-electron chi connectivity index (χ2n) is 8.84. The lowest BCUT2D eigenvalue weighted by Gasteiger charge is -2.34. The molecule has 1 fully saturated rings. The number of amidine groups is 1. The second kappa shape index (κ2) is 10.5. The smallest absolute Gasteiger partial charge is 0.278 e. The number of nitrogens with zero attached hydrogens (tertiary/aromatic N) is 5. The molecule has 0 saturated carbocycles. The minimum Gasteiger partial charge on any atom is -0.402 e. The first kappa shape index (κ1) is 25.4. The number of amides is 1. The van der Waals surface area contributed by atoms with E-state index in [2.05, 4.69) is 21.8 Å². The predicted molar refractivity (Wildman–Crippen MR) is 138 cm³/mol. The Bertz CT molecular complexity index is 1350. The maximum atomic E-state index is 13.2. The average Bonchev–Trinajstić information content (AvgIpc) is 2.89. The van der Waals surface area contributed by atoms with E-state index >= 15 is 0 Å². The van der Waals surface area contributed by atoms with Crippen molar-refractivity contribution in [3.8, 4) is 6.07 Å². The molecule has 2 aliphatic rings. The molecule has 0 radical (unpaired) electrons. The van der Waals surface area contributed by atoms with Crippen LogP contribution in [0.2, 0.25) is 0 Å². The fourth-order valence-electron chi connectivity index (χ4n) is 4.25. The van der Waals surface area contributed by atoms with Gasteiger partial charge in [-0.05, 0) is 43.4 Å². The van der Waals surface area contributed by atoms with E-state index in [1.807, 2.05) is 18.2 Å². The molecule has 10 nitrogen and oxygen atoms in total. The Kier molecular flexibility index (Phi) is 7.40. The molecule has 0 bridgehead atoms. The SMILES string of the molecule is CN1CCN(c2ccc(C(=O)N=C(N)C3=C(N)CCN(S(=O)(=O)c4ccccc4C#N)C3)cc2)CC1.